The molecule has 1 aliphatic rings. The van der Waals surface area contributed by atoms with E-state index in [0.717, 1.165) is 5.75 Å². The van der Waals surface area contributed by atoms with Gasteiger partial charge >= 0.3 is 5.97 Å². The van der Waals surface area contributed by atoms with Crippen LogP contribution < -0.4 is 15.4 Å². The van der Waals surface area contributed by atoms with E-state index in [0.29, 0.717) is 16.8 Å². The van der Waals surface area contributed by atoms with Gasteiger partial charge in [0.25, 0.3) is 0 Å². The molecule has 3 aromatic rings. The summed E-state index contributed by atoms with van der Waals surface area (Å²) in [5.74, 6) is -3.12. The molecule has 4 rings (SSSR count). The van der Waals surface area contributed by atoms with Gasteiger partial charge in [-0.3, -0.25) is 14.4 Å². The number of carbonyl (C=O) groups excluding carboxylic acids is 3. The van der Waals surface area contributed by atoms with Crippen molar-refractivity contribution in [2.45, 2.75) is 6.42 Å². The number of hydrogen-bond acceptors (Lipinski definition) is 5. The number of Topliss-reactive ketones (excluding diaryl/α,β-unsaturated/α-hetero) is 1. The third-order valence-corrected chi connectivity index (χ3v) is 5.52. The fourth-order valence-electron chi connectivity index (χ4n) is 3.65. The number of carboxylic acids is 1. The number of anilines is 1. The Morgan fingerprint density at radius 2 is 1.69 bits per heavy atom. The lowest BCUT2D eigenvalue weighted by Crippen LogP contribution is -2.43. The fraction of sp³-hybridized carbons (Fsp3) is 0.154. The molecule has 8 nitrogen and oxygen atoms in total. The Bertz CT molecular complexity index is 1290. The highest BCUT2D eigenvalue weighted by atomic mass is 19.1. The molecular weight excluding hydrogens is 455 g/mol. The van der Waals surface area contributed by atoms with Crippen LogP contribution in [-0.4, -0.2) is 42.8 Å². The van der Waals surface area contributed by atoms with Crippen LogP contribution in [0.5, 0.6) is 5.75 Å². The Kier molecular flexibility index (Phi) is 7.60. The SMILES string of the molecule is CN1C(=O)C(Cc2cccc(F)c2)C(=O)c2cc(C(=O)O)ccc21.COc1ccc(C(N)=O)cc1. The zero-order chi connectivity index (χ0) is 25.7. The number of nitrogens with two attached hydrogens (primary N) is 1. The number of carbonyl (C=O) groups is 4. The number of rotatable bonds is 5. The molecule has 180 valence electrons. The highest BCUT2D eigenvalue weighted by Crippen LogP contribution is 2.32. The van der Waals surface area contributed by atoms with Crippen LogP contribution in [0.25, 0.3) is 0 Å². The lowest BCUT2D eigenvalue weighted by Gasteiger charge is -2.30. The molecule has 0 radical (unpaired) electrons. The van der Waals surface area contributed by atoms with Gasteiger partial charge in [-0.1, -0.05) is 12.1 Å². The third kappa shape index (κ3) is 5.70. The number of methoxy groups -OCH3 is 1. The van der Waals surface area contributed by atoms with E-state index in [-0.39, 0.29) is 23.5 Å². The summed E-state index contributed by atoms with van der Waals surface area (Å²) in [6, 6.07) is 16.5. The number of halogens is 1. The Hall–Kier alpha value is -4.53. The highest BCUT2D eigenvalue weighted by Gasteiger charge is 2.38. The predicted octanol–water partition coefficient (Wildman–Crippen LogP) is 3.34. The summed E-state index contributed by atoms with van der Waals surface area (Å²) < 4.78 is 18.2. The van der Waals surface area contributed by atoms with Crippen molar-refractivity contribution < 1.29 is 33.4 Å². The molecule has 1 aliphatic heterocycles. The average Bonchev–Trinajstić information content (AvgIpc) is 2.85. The molecular formula is C26H23FN2O6. The first-order valence-electron chi connectivity index (χ1n) is 10.5. The van der Waals surface area contributed by atoms with Gasteiger partial charge in [0.05, 0.1) is 18.4 Å². The first-order chi connectivity index (χ1) is 16.6. The van der Waals surface area contributed by atoms with Gasteiger partial charge < -0.3 is 20.5 Å². The standard InChI is InChI=1S/C18H14FNO4.C8H9NO2/c1-20-15-6-5-11(18(23)24)9-13(15)16(21)14(17(20)22)8-10-3-2-4-12(19)7-10;1-11-7-4-2-6(3-5-7)8(9)10/h2-7,9,14H,8H2,1H3,(H,23,24);2-5H,1H3,(H2,9,10). The number of fused-ring (bicyclic) bond motifs is 1. The van der Waals surface area contributed by atoms with Gasteiger partial charge in [-0.05, 0) is 66.6 Å². The molecule has 3 aromatic carbocycles. The zero-order valence-corrected chi connectivity index (χ0v) is 19.0. The predicted molar refractivity (Wildman–Crippen MR) is 126 cm³/mol. The first-order valence-corrected chi connectivity index (χ1v) is 10.5. The van der Waals surface area contributed by atoms with Crippen LogP contribution in [0.3, 0.4) is 0 Å². The minimum Gasteiger partial charge on any atom is -0.497 e. The van der Waals surface area contributed by atoms with E-state index >= 15 is 0 Å². The van der Waals surface area contributed by atoms with Crippen LogP contribution in [0, 0.1) is 11.7 Å². The number of ketones is 1. The quantitative estimate of drug-likeness (QED) is 0.542. The van der Waals surface area contributed by atoms with Gasteiger partial charge in [0, 0.05) is 18.2 Å². The largest absolute Gasteiger partial charge is 0.497 e. The number of ether oxygens (including phenoxy) is 1. The second-order valence-corrected chi connectivity index (χ2v) is 7.78. The molecule has 35 heavy (non-hydrogen) atoms. The van der Waals surface area contributed by atoms with Crippen LogP contribution in [0.4, 0.5) is 10.1 Å². The van der Waals surface area contributed by atoms with E-state index in [2.05, 4.69) is 0 Å². The summed E-state index contributed by atoms with van der Waals surface area (Å²) in [5.41, 5.74) is 6.61. The monoisotopic (exact) mass is 478 g/mol. The smallest absolute Gasteiger partial charge is 0.335 e. The number of amides is 2. The van der Waals surface area contributed by atoms with Gasteiger partial charge in [0.2, 0.25) is 11.8 Å². The van der Waals surface area contributed by atoms with Crippen LogP contribution in [-0.2, 0) is 11.2 Å². The molecule has 9 heteroatoms. The summed E-state index contributed by atoms with van der Waals surface area (Å²) in [4.78, 5) is 48.2. The van der Waals surface area contributed by atoms with Crippen LogP contribution in [0.15, 0.2) is 66.7 Å². The van der Waals surface area contributed by atoms with Crippen molar-refractivity contribution in [3.05, 3.63) is 94.8 Å². The Morgan fingerprint density at radius 1 is 1.03 bits per heavy atom. The second kappa shape index (κ2) is 10.6. The third-order valence-electron chi connectivity index (χ3n) is 5.52. The van der Waals surface area contributed by atoms with E-state index in [4.69, 9.17) is 15.6 Å². The molecule has 3 N–H and O–H groups in total. The molecule has 0 aromatic heterocycles. The van der Waals surface area contributed by atoms with E-state index in [9.17, 15) is 23.6 Å². The van der Waals surface area contributed by atoms with Gasteiger partial charge in [-0.25, -0.2) is 9.18 Å². The maximum absolute atomic E-state index is 13.3. The van der Waals surface area contributed by atoms with E-state index in [1.807, 2.05) is 0 Å². The molecule has 0 saturated carbocycles. The molecule has 2 amide bonds. The molecule has 0 fully saturated rings. The number of nitrogens with zero attached hydrogens (tertiary/aromatic N) is 1. The maximum atomic E-state index is 13.3. The van der Waals surface area contributed by atoms with Crippen molar-refractivity contribution >= 4 is 29.3 Å². The normalized spacial score (nSPS) is 14.5. The van der Waals surface area contributed by atoms with Gasteiger partial charge in [-0.15, -0.1) is 0 Å². The fourth-order valence-corrected chi connectivity index (χ4v) is 3.65. The van der Waals surface area contributed by atoms with Crippen molar-refractivity contribution in [3.63, 3.8) is 0 Å². The van der Waals surface area contributed by atoms with Crippen molar-refractivity contribution in [2.24, 2.45) is 11.7 Å². The van der Waals surface area contributed by atoms with E-state index in [1.165, 1.54) is 48.3 Å². The van der Waals surface area contributed by atoms with Crippen molar-refractivity contribution in [3.8, 4) is 5.75 Å². The summed E-state index contributed by atoms with van der Waals surface area (Å²) in [7, 11) is 3.10. The molecule has 0 spiro atoms. The lowest BCUT2D eigenvalue weighted by molar-refractivity contribution is -0.121. The zero-order valence-electron chi connectivity index (χ0n) is 19.0. The highest BCUT2D eigenvalue weighted by molar-refractivity contribution is 6.22. The van der Waals surface area contributed by atoms with Gasteiger partial charge in [-0.2, -0.15) is 0 Å². The van der Waals surface area contributed by atoms with Crippen LogP contribution in [0.2, 0.25) is 0 Å². The number of primary amides is 1. The van der Waals surface area contributed by atoms with Gasteiger partial charge in [0.15, 0.2) is 5.78 Å². The molecule has 1 unspecified atom stereocenters. The van der Waals surface area contributed by atoms with Crippen LogP contribution in [0.1, 0.15) is 36.6 Å². The van der Waals surface area contributed by atoms with Gasteiger partial charge in [0.1, 0.15) is 17.5 Å². The second-order valence-electron chi connectivity index (χ2n) is 7.78. The Balaban J connectivity index is 0.000000261. The van der Waals surface area contributed by atoms with Crippen molar-refractivity contribution in [1.29, 1.82) is 0 Å². The Morgan fingerprint density at radius 3 is 2.26 bits per heavy atom. The summed E-state index contributed by atoms with van der Waals surface area (Å²) in [5, 5.41) is 9.09. The maximum Gasteiger partial charge on any atom is 0.335 e. The first kappa shape index (κ1) is 25.1. The van der Waals surface area contributed by atoms with E-state index in [1.54, 1.807) is 37.4 Å². The average molecular weight is 478 g/mol. The molecule has 1 atom stereocenters. The number of benzene rings is 3. The molecule has 0 aliphatic carbocycles. The molecule has 0 bridgehead atoms. The summed E-state index contributed by atoms with van der Waals surface area (Å²) in [6.45, 7) is 0. The number of carboxylic acid groups (broad SMARTS) is 1. The van der Waals surface area contributed by atoms with Crippen molar-refractivity contribution in [1.82, 2.24) is 0 Å². The minimum atomic E-state index is -1.15. The van der Waals surface area contributed by atoms with Crippen molar-refractivity contribution in [2.75, 3.05) is 19.1 Å². The minimum absolute atomic E-state index is 0.0191. The number of hydrogen-bond donors (Lipinski definition) is 2. The topological polar surface area (TPSA) is 127 Å². The summed E-state index contributed by atoms with van der Waals surface area (Å²) in [6.07, 6.45) is 0.0660. The Labute approximate surface area is 200 Å². The van der Waals surface area contributed by atoms with E-state index < -0.39 is 29.4 Å². The lowest BCUT2D eigenvalue weighted by atomic mass is 9.85. The number of aromatic carboxylic acids is 1. The summed E-state index contributed by atoms with van der Waals surface area (Å²) >= 11 is 0. The van der Waals surface area contributed by atoms with Crippen LogP contribution >= 0.6 is 0 Å². The molecule has 1 heterocycles. The molecule has 0 saturated heterocycles.